The van der Waals surface area contributed by atoms with E-state index in [1.165, 1.54) is 0 Å². The van der Waals surface area contributed by atoms with Gasteiger partial charge in [0, 0.05) is 32.6 Å². The van der Waals surface area contributed by atoms with Crippen LogP contribution >= 0.6 is 0 Å². The Hall–Kier alpha value is -1.79. The first-order valence-electron chi connectivity index (χ1n) is 6.87. The average Bonchev–Trinajstić information content (AvgIpc) is 2.95. The van der Waals surface area contributed by atoms with E-state index in [0.29, 0.717) is 32.6 Å². The molecule has 0 aromatic heterocycles. The topological polar surface area (TPSA) is 104 Å². The summed E-state index contributed by atoms with van der Waals surface area (Å²) in [5.41, 5.74) is 4.73. The summed E-state index contributed by atoms with van der Waals surface area (Å²) in [6.45, 7) is 3.72. The number of aliphatic carboxylic acids is 1. The van der Waals surface area contributed by atoms with Crippen LogP contribution in [0.4, 0.5) is 4.79 Å². The molecule has 0 aromatic rings. The molecule has 3 N–H and O–H groups in total. The molecule has 2 aliphatic heterocycles. The molecule has 2 unspecified atom stereocenters. The molecule has 2 rings (SSSR count). The van der Waals surface area contributed by atoms with Crippen molar-refractivity contribution in [1.82, 2.24) is 9.80 Å². The molecular weight excluding hydrogens is 262 g/mol. The van der Waals surface area contributed by atoms with Crippen LogP contribution in [-0.2, 0) is 9.59 Å². The van der Waals surface area contributed by atoms with Gasteiger partial charge in [0.05, 0.1) is 5.41 Å². The summed E-state index contributed by atoms with van der Waals surface area (Å²) in [7, 11) is 0. The quantitative estimate of drug-likeness (QED) is 0.766. The summed E-state index contributed by atoms with van der Waals surface area (Å²) >= 11 is 0. The van der Waals surface area contributed by atoms with Crippen LogP contribution in [0.2, 0.25) is 0 Å². The number of amides is 3. The van der Waals surface area contributed by atoms with Gasteiger partial charge in [0.2, 0.25) is 5.91 Å². The van der Waals surface area contributed by atoms with Crippen molar-refractivity contribution in [3.63, 3.8) is 0 Å². The Morgan fingerprint density at radius 2 is 2.00 bits per heavy atom. The Morgan fingerprint density at radius 1 is 1.30 bits per heavy atom. The molecular formula is C13H21N3O4. The summed E-state index contributed by atoms with van der Waals surface area (Å²) in [5.74, 6) is -1.17. The Labute approximate surface area is 117 Å². The second kappa shape index (κ2) is 5.30. The van der Waals surface area contributed by atoms with Crippen LogP contribution in [0, 0.1) is 11.3 Å². The molecule has 20 heavy (non-hydrogen) atoms. The number of primary amides is 1. The summed E-state index contributed by atoms with van der Waals surface area (Å²) in [6.07, 6.45) is 1.40. The molecule has 0 aromatic carbocycles. The Kier molecular flexibility index (Phi) is 3.87. The van der Waals surface area contributed by atoms with E-state index in [9.17, 15) is 14.4 Å². The van der Waals surface area contributed by atoms with Gasteiger partial charge in [-0.1, -0.05) is 0 Å². The number of carbonyl (C=O) groups is 3. The maximum atomic E-state index is 12.3. The van der Waals surface area contributed by atoms with E-state index in [4.69, 9.17) is 10.8 Å². The van der Waals surface area contributed by atoms with E-state index in [1.54, 1.807) is 16.7 Å². The number of nitrogens with two attached hydrogens (primary N) is 1. The van der Waals surface area contributed by atoms with E-state index in [-0.39, 0.29) is 24.3 Å². The Balaban J connectivity index is 1.90. The standard InChI is InChI=1S/C13H21N3O4/c1-13(11(14)19)3-5-16(8-13)12(20)15-4-2-9(7-15)6-10(17)18/h9H,2-8H2,1H3,(H2,14,19)(H,17,18). The van der Waals surface area contributed by atoms with Crippen LogP contribution in [0.1, 0.15) is 26.2 Å². The van der Waals surface area contributed by atoms with Crippen LogP contribution in [-0.4, -0.2) is 59.0 Å². The normalized spacial score (nSPS) is 29.8. The fraction of sp³-hybridized carbons (Fsp3) is 0.769. The third-order valence-corrected chi connectivity index (χ3v) is 4.36. The summed E-state index contributed by atoms with van der Waals surface area (Å²) in [4.78, 5) is 37.7. The monoisotopic (exact) mass is 283 g/mol. The molecule has 2 saturated heterocycles. The fourth-order valence-corrected chi connectivity index (χ4v) is 2.95. The first-order chi connectivity index (χ1) is 9.32. The predicted octanol–water partition coefficient (Wildman–Crippen LogP) is 0.100. The number of hydrogen-bond acceptors (Lipinski definition) is 3. The van der Waals surface area contributed by atoms with Gasteiger partial charge in [-0.3, -0.25) is 9.59 Å². The molecule has 3 amide bonds. The number of carboxylic acid groups (broad SMARTS) is 1. The van der Waals surface area contributed by atoms with Crippen LogP contribution in [0.15, 0.2) is 0 Å². The number of carbonyl (C=O) groups excluding carboxylic acids is 2. The third-order valence-electron chi connectivity index (χ3n) is 4.36. The SMILES string of the molecule is CC1(C(N)=O)CCN(C(=O)N2CCC(CC(=O)O)C2)C1. The van der Waals surface area contributed by atoms with Crippen LogP contribution in [0.5, 0.6) is 0 Å². The zero-order valence-corrected chi connectivity index (χ0v) is 11.7. The molecule has 2 atom stereocenters. The van der Waals surface area contributed by atoms with Crippen molar-refractivity contribution < 1.29 is 19.5 Å². The van der Waals surface area contributed by atoms with Gasteiger partial charge in [0.1, 0.15) is 0 Å². The highest BCUT2D eigenvalue weighted by Crippen LogP contribution is 2.31. The molecule has 0 spiro atoms. The minimum atomic E-state index is -0.827. The number of nitrogens with zero attached hydrogens (tertiary/aromatic N) is 2. The number of carboxylic acids is 1. The first kappa shape index (κ1) is 14.6. The minimum Gasteiger partial charge on any atom is -0.481 e. The summed E-state index contributed by atoms with van der Waals surface area (Å²) in [6, 6.07) is -0.108. The molecule has 0 radical (unpaired) electrons. The van der Waals surface area contributed by atoms with E-state index < -0.39 is 11.4 Å². The highest BCUT2D eigenvalue weighted by molar-refractivity contribution is 5.83. The number of urea groups is 1. The fourth-order valence-electron chi connectivity index (χ4n) is 2.95. The van der Waals surface area contributed by atoms with E-state index >= 15 is 0 Å². The zero-order chi connectivity index (χ0) is 14.9. The van der Waals surface area contributed by atoms with Gasteiger partial charge in [-0.25, -0.2) is 4.79 Å². The zero-order valence-electron chi connectivity index (χ0n) is 11.7. The van der Waals surface area contributed by atoms with Crippen molar-refractivity contribution in [2.45, 2.75) is 26.2 Å². The van der Waals surface area contributed by atoms with Gasteiger partial charge < -0.3 is 20.6 Å². The highest BCUT2D eigenvalue weighted by Gasteiger charge is 2.42. The maximum absolute atomic E-state index is 12.3. The largest absolute Gasteiger partial charge is 0.481 e. The number of hydrogen-bond donors (Lipinski definition) is 2. The lowest BCUT2D eigenvalue weighted by Gasteiger charge is -2.26. The molecule has 2 aliphatic rings. The van der Waals surface area contributed by atoms with Crippen molar-refractivity contribution in [2.24, 2.45) is 17.1 Å². The van der Waals surface area contributed by atoms with Crippen molar-refractivity contribution in [3.05, 3.63) is 0 Å². The van der Waals surface area contributed by atoms with Gasteiger partial charge in [0.15, 0.2) is 0 Å². The van der Waals surface area contributed by atoms with Crippen molar-refractivity contribution in [1.29, 1.82) is 0 Å². The van der Waals surface area contributed by atoms with E-state index in [2.05, 4.69) is 0 Å². The molecule has 0 aliphatic carbocycles. The van der Waals surface area contributed by atoms with Gasteiger partial charge in [-0.2, -0.15) is 0 Å². The van der Waals surface area contributed by atoms with Gasteiger partial charge in [-0.15, -0.1) is 0 Å². The lowest BCUT2D eigenvalue weighted by Crippen LogP contribution is -2.43. The van der Waals surface area contributed by atoms with E-state index in [1.807, 2.05) is 0 Å². The van der Waals surface area contributed by atoms with Gasteiger partial charge in [-0.05, 0) is 25.7 Å². The molecule has 2 fully saturated rings. The number of rotatable bonds is 3. The molecule has 7 nitrogen and oxygen atoms in total. The van der Waals surface area contributed by atoms with Gasteiger partial charge in [0.25, 0.3) is 0 Å². The lowest BCUT2D eigenvalue weighted by atomic mass is 9.89. The summed E-state index contributed by atoms with van der Waals surface area (Å²) < 4.78 is 0. The lowest BCUT2D eigenvalue weighted by molar-refractivity contribution is -0.138. The molecule has 0 saturated carbocycles. The maximum Gasteiger partial charge on any atom is 0.320 e. The predicted molar refractivity (Wildman–Crippen MR) is 70.8 cm³/mol. The average molecular weight is 283 g/mol. The smallest absolute Gasteiger partial charge is 0.320 e. The minimum absolute atomic E-state index is 0.0292. The molecule has 2 heterocycles. The highest BCUT2D eigenvalue weighted by atomic mass is 16.4. The Morgan fingerprint density at radius 3 is 2.55 bits per heavy atom. The second-order valence-corrected chi connectivity index (χ2v) is 6.08. The van der Waals surface area contributed by atoms with Crippen LogP contribution in [0.3, 0.4) is 0 Å². The van der Waals surface area contributed by atoms with Crippen molar-refractivity contribution >= 4 is 17.9 Å². The number of likely N-dealkylation sites (tertiary alicyclic amines) is 2. The van der Waals surface area contributed by atoms with Crippen LogP contribution in [0.25, 0.3) is 0 Å². The van der Waals surface area contributed by atoms with Crippen molar-refractivity contribution in [2.75, 3.05) is 26.2 Å². The molecule has 112 valence electrons. The summed E-state index contributed by atoms with van der Waals surface area (Å²) in [5, 5.41) is 8.77. The van der Waals surface area contributed by atoms with Crippen molar-refractivity contribution in [3.8, 4) is 0 Å². The van der Waals surface area contributed by atoms with Crippen LogP contribution < -0.4 is 5.73 Å². The van der Waals surface area contributed by atoms with Gasteiger partial charge >= 0.3 is 12.0 Å². The second-order valence-electron chi connectivity index (χ2n) is 6.08. The Bertz CT molecular complexity index is 439. The molecule has 7 heteroatoms. The first-order valence-corrected chi connectivity index (χ1v) is 6.87. The molecule has 0 bridgehead atoms. The third kappa shape index (κ3) is 2.86. The van der Waals surface area contributed by atoms with E-state index in [0.717, 1.165) is 6.42 Å².